The van der Waals surface area contributed by atoms with Gasteiger partial charge in [-0.15, -0.1) is 0 Å². The quantitative estimate of drug-likeness (QED) is 0.446. The fourth-order valence-electron chi connectivity index (χ4n) is 4.33. The van der Waals surface area contributed by atoms with Crippen LogP contribution in [0, 0.1) is 0 Å². The molecule has 30 heavy (non-hydrogen) atoms. The van der Waals surface area contributed by atoms with Gasteiger partial charge in [-0.3, -0.25) is 4.90 Å². The SMILES string of the molecule is FC(F)(F)c1cc(NC(=S)N[C@@H]2CCCC[C@H]2N2CCCCC2)cc(C(F)(F)F)c1. The van der Waals surface area contributed by atoms with Gasteiger partial charge in [-0.2, -0.15) is 26.3 Å². The van der Waals surface area contributed by atoms with Crippen molar-refractivity contribution in [2.75, 3.05) is 18.4 Å². The summed E-state index contributed by atoms with van der Waals surface area (Å²) in [6.07, 6.45) is -2.34. The molecular weight excluding hydrogens is 428 g/mol. The van der Waals surface area contributed by atoms with Crippen LogP contribution in [-0.4, -0.2) is 35.2 Å². The van der Waals surface area contributed by atoms with Crippen molar-refractivity contribution < 1.29 is 26.3 Å². The molecule has 0 amide bonds. The lowest BCUT2D eigenvalue weighted by atomic mass is 9.88. The molecule has 0 aromatic heterocycles. The minimum Gasteiger partial charge on any atom is -0.358 e. The Bertz CT molecular complexity index is 711. The molecule has 1 saturated heterocycles. The fraction of sp³-hybridized carbons (Fsp3) is 0.650. The molecule has 1 aliphatic heterocycles. The van der Waals surface area contributed by atoms with Crippen LogP contribution in [0.1, 0.15) is 56.1 Å². The number of piperidine rings is 1. The first-order valence-corrected chi connectivity index (χ1v) is 10.6. The highest BCUT2D eigenvalue weighted by Gasteiger charge is 2.37. The third-order valence-corrected chi connectivity index (χ3v) is 5.97. The van der Waals surface area contributed by atoms with E-state index < -0.39 is 23.5 Å². The van der Waals surface area contributed by atoms with Gasteiger partial charge in [0.1, 0.15) is 0 Å². The molecule has 2 N–H and O–H groups in total. The van der Waals surface area contributed by atoms with Crippen LogP contribution in [0.5, 0.6) is 0 Å². The van der Waals surface area contributed by atoms with Gasteiger partial charge in [-0.05, 0) is 69.2 Å². The first kappa shape index (κ1) is 23.1. The molecule has 0 unspecified atom stereocenters. The number of alkyl halides is 6. The minimum atomic E-state index is -4.89. The predicted octanol–water partition coefficient (Wildman–Crippen LogP) is 5.81. The molecule has 0 radical (unpaired) electrons. The van der Waals surface area contributed by atoms with E-state index in [1.165, 1.54) is 6.42 Å². The standard InChI is InChI=1S/C20H25F6N3S/c21-19(22,23)13-10-14(20(24,25)26)12-15(11-13)27-18(30)28-16-6-2-3-7-17(16)29-8-4-1-5-9-29/h10-12,16-17H,1-9H2,(H2,27,28,30)/t16-,17-/m1/s1. The normalized spacial score (nSPS) is 23.8. The van der Waals surface area contributed by atoms with Gasteiger partial charge in [0.15, 0.2) is 5.11 Å². The van der Waals surface area contributed by atoms with E-state index >= 15 is 0 Å². The molecule has 1 aromatic carbocycles. The zero-order chi connectivity index (χ0) is 21.9. The van der Waals surface area contributed by atoms with Crippen LogP contribution < -0.4 is 10.6 Å². The highest BCUT2D eigenvalue weighted by atomic mass is 32.1. The Morgan fingerprint density at radius 1 is 0.833 bits per heavy atom. The largest absolute Gasteiger partial charge is 0.416 e. The summed E-state index contributed by atoms with van der Waals surface area (Å²) in [6, 6.07) is 1.68. The molecule has 1 aromatic rings. The van der Waals surface area contributed by atoms with Crippen molar-refractivity contribution in [3.05, 3.63) is 29.3 Å². The van der Waals surface area contributed by atoms with Crippen LogP contribution in [0.15, 0.2) is 18.2 Å². The number of thiocarbonyl (C=S) groups is 1. The molecule has 1 saturated carbocycles. The Balaban J connectivity index is 1.73. The second-order valence-electron chi connectivity index (χ2n) is 7.95. The van der Waals surface area contributed by atoms with Crippen molar-refractivity contribution in [3.8, 4) is 0 Å². The fourth-order valence-corrected chi connectivity index (χ4v) is 4.60. The number of benzene rings is 1. The van der Waals surface area contributed by atoms with Crippen molar-refractivity contribution in [2.45, 2.75) is 69.4 Å². The maximum Gasteiger partial charge on any atom is 0.416 e. The Morgan fingerprint density at radius 3 is 1.97 bits per heavy atom. The van der Waals surface area contributed by atoms with E-state index in [4.69, 9.17) is 12.2 Å². The highest BCUT2D eigenvalue weighted by Crippen LogP contribution is 2.37. The van der Waals surface area contributed by atoms with E-state index in [0.717, 1.165) is 51.6 Å². The molecule has 168 valence electrons. The van der Waals surface area contributed by atoms with Gasteiger partial charge in [0.25, 0.3) is 0 Å². The predicted molar refractivity (Wildman–Crippen MR) is 107 cm³/mol. The van der Waals surface area contributed by atoms with Crippen LogP contribution in [0.25, 0.3) is 0 Å². The number of halogens is 6. The van der Waals surface area contributed by atoms with Gasteiger partial charge in [0.05, 0.1) is 11.1 Å². The second-order valence-corrected chi connectivity index (χ2v) is 8.36. The first-order chi connectivity index (χ1) is 14.0. The summed E-state index contributed by atoms with van der Waals surface area (Å²) in [5.41, 5.74) is -3.07. The first-order valence-electron chi connectivity index (χ1n) is 10.1. The average Bonchev–Trinajstić information content (AvgIpc) is 2.67. The van der Waals surface area contributed by atoms with Crippen molar-refractivity contribution in [1.29, 1.82) is 0 Å². The van der Waals surface area contributed by atoms with E-state index in [2.05, 4.69) is 15.5 Å². The maximum atomic E-state index is 13.1. The maximum absolute atomic E-state index is 13.1. The minimum absolute atomic E-state index is 0.0183. The van der Waals surface area contributed by atoms with E-state index in [0.29, 0.717) is 12.1 Å². The summed E-state index contributed by atoms with van der Waals surface area (Å²) >= 11 is 5.24. The number of hydrogen-bond donors (Lipinski definition) is 2. The van der Waals surface area contributed by atoms with Crippen molar-refractivity contribution >= 4 is 23.0 Å². The van der Waals surface area contributed by atoms with Gasteiger partial charge in [-0.1, -0.05) is 19.3 Å². The number of hydrogen-bond acceptors (Lipinski definition) is 2. The average molecular weight is 453 g/mol. The summed E-state index contributed by atoms with van der Waals surface area (Å²) in [6.45, 7) is 2.01. The van der Waals surface area contributed by atoms with E-state index in [-0.39, 0.29) is 28.9 Å². The van der Waals surface area contributed by atoms with Gasteiger partial charge in [0.2, 0.25) is 0 Å². The molecule has 2 aliphatic rings. The lowest BCUT2D eigenvalue weighted by Gasteiger charge is -2.42. The molecule has 3 nitrogen and oxygen atoms in total. The topological polar surface area (TPSA) is 27.3 Å². The third kappa shape index (κ3) is 6.00. The van der Waals surface area contributed by atoms with E-state index in [1.54, 1.807) is 0 Å². The molecule has 0 bridgehead atoms. The molecular formula is C20H25F6N3S. The van der Waals surface area contributed by atoms with Crippen molar-refractivity contribution in [3.63, 3.8) is 0 Å². The number of rotatable bonds is 3. The lowest BCUT2D eigenvalue weighted by Crippen LogP contribution is -2.55. The Morgan fingerprint density at radius 2 is 1.40 bits per heavy atom. The van der Waals surface area contributed by atoms with Gasteiger partial charge < -0.3 is 10.6 Å². The van der Waals surface area contributed by atoms with Crippen molar-refractivity contribution in [1.82, 2.24) is 10.2 Å². The van der Waals surface area contributed by atoms with Gasteiger partial charge in [-0.25, -0.2) is 0 Å². The second kappa shape index (κ2) is 9.30. The summed E-state index contributed by atoms with van der Waals surface area (Å²) < 4.78 is 78.3. The molecule has 2 fully saturated rings. The van der Waals surface area contributed by atoms with Crippen LogP contribution in [0.3, 0.4) is 0 Å². The molecule has 10 heteroatoms. The van der Waals surface area contributed by atoms with Gasteiger partial charge in [0, 0.05) is 17.8 Å². The zero-order valence-electron chi connectivity index (χ0n) is 16.4. The van der Waals surface area contributed by atoms with E-state index in [1.807, 2.05) is 0 Å². The van der Waals surface area contributed by atoms with Crippen LogP contribution in [-0.2, 0) is 12.4 Å². The monoisotopic (exact) mass is 453 g/mol. The number of nitrogens with one attached hydrogen (secondary N) is 2. The Kier molecular flexibility index (Phi) is 7.16. The van der Waals surface area contributed by atoms with Crippen molar-refractivity contribution in [2.24, 2.45) is 0 Å². The van der Waals surface area contributed by atoms with E-state index in [9.17, 15) is 26.3 Å². The van der Waals surface area contributed by atoms with Crippen LogP contribution >= 0.6 is 12.2 Å². The zero-order valence-corrected chi connectivity index (χ0v) is 17.2. The molecule has 3 rings (SSSR count). The third-order valence-electron chi connectivity index (χ3n) is 5.75. The summed E-state index contributed by atoms with van der Waals surface area (Å²) in [5.74, 6) is 0. The van der Waals surface area contributed by atoms with Crippen LogP contribution in [0.4, 0.5) is 32.0 Å². The number of likely N-dealkylation sites (tertiary alicyclic amines) is 1. The molecule has 1 aliphatic carbocycles. The Hall–Kier alpha value is -1.55. The molecule has 2 atom stereocenters. The smallest absolute Gasteiger partial charge is 0.358 e. The summed E-state index contributed by atoms with van der Waals surface area (Å²) in [5, 5.41) is 5.73. The highest BCUT2D eigenvalue weighted by molar-refractivity contribution is 7.80. The summed E-state index contributed by atoms with van der Waals surface area (Å²) in [7, 11) is 0. The molecule has 0 spiro atoms. The molecule has 1 heterocycles. The number of anilines is 1. The van der Waals surface area contributed by atoms with Gasteiger partial charge >= 0.3 is 12.4 Å². The Labute approximate surface area is 177 Å². The van der Waals surface area contributed by atoms with Crippen LogP contribution in [0.2, 0.25) is 0 Å². The lowest BCUT2D eigenvalue weighted by molar-refractivity contribution is -0.143. The summed E-state index contributed by atoms with van der Waals surface area (Å²) in [4.78, 5) is 2.43. The number of nitrogens with zero attached hydrogens (tertiary/aromatic N) is 1.